The molecule has 1 aromatic rings. The molecule has 3 aliphatic rings. The van der Waals surface area contributed by atoms with Crippen LogP contribution in [0.2, 0.25) is 0 Å². The Morgan fingerprint density at radius 3 is 2.00 bits per heavy atom. The van der Waals surface area contributed by atoms with Gasteiger partial charge < -0.3 is 9.84 Å². The van der Waals surface area contributed by atoms with Gasteiger partial charge in [-0.25, -0.2) is 9.69 Å². The smallest absolute Gasteiger partial charge is 0.335 e. The largest absolute Gasteiger partial charge is 0.478 e. The summed E-state index contributed by atoms with van der Waals surface area (Å²) in [5.41, 5.74) is 0.520. The molecule has 1 aromatic carbocycles. The third-order valence-electron chi connectivity index (χ3n) is 4.28. The molecule has 3 heterocycles. The molecule has 2 saturated heterocycles. The van der Waals surface area contributed by atoms with E-state index in [9.17, 15) is 14.4 Å². The molecule has 0 saturated carbocycles. The van der Waals surface area contributed by atoms with E-state index in [4.69, 9.17) is 9.84 Å². The number of imide groups is 1. The lowest BCUT2D eigenvalue weighted by atomic mass is 9.85. The number of ether oxygens (including phenoxy) is 1. The lowest BCUT2D eigenvalue weighted by Gasteiger charge is -2.17. The van der Waals surface area contributed by atoms with Gasteiger partial charge in [-0.15, -0.1) is 0 Å². The van der Waals surface area contributed by atoms with E-state index >= 15 is 0 Å². The molecule has 2 bridgehead atoms. The standard InChI is InChI=1S/C15H11NO5/c17-13-11-9-5-6-10(21-9)12(11)14(18)16(13)8-3-1-7(2-4-8)15(19)20/h1-6,9-12H,(H,19,20)/t9-,10-,11-,12+/m1/s1. The molecular formula is C15H11NO5. The summed E-state index contributed by atoms with van der Waals surface area (Å²) in [5, 5.41) is 8.88. The van der Waals surface area contributed by atoms with Crippen LogP contribution < -0.4 is 4.90 Å². The van der Waals surface area contributed by atoms with Crippen molar-refractivity contribution in [2.75, 3.05) is 4.90 Å². The molecule has 0 spiro atoms. The molecule has 21 heavy (non-hydrogen) atoms. The van der Waals surface area contributed by atoms with Crippen LogP contribution in [0, 0.1) is 11.8 Å². The first kappa shape index (κ1) is 12.3. The van der Waals surface area contributed by atoms with E-state index in [0.717, 1.165) is 4.90 Å². The molecule has 4 atom stereocenters. The maximum atomic E-state index is 12.5. The predicted octanol–water partition coefficient (Wildman–Crippen LogP) is 0.828. The van der Waals surface area contributed by atoms with Crippen LogP contribution in [0.5, 0.6) is 0 Å². The Morgan fingerprint density at radius 1 is 1.00 bits per heavy atom. The monoisotopic (exact) mass is 285 g/mol. The zero-order chi connectivity index (χ0) is 14.7. The van der Waals surface area contributed by atoms with Gasteiger partial charge in [0.1, 0.15) is 0 Å². The van der Waals surface area contributed by atoms with Crippen LogP contribution in [0.4, 0.5) is 5.69 Å². The number of carboxylic acids is 1. The van der Waals surface area contributed by atoms with Gasteiger partial charge in [-0.2, -0.15) is 0 Å². The van der Waals surface area contributed by atoms with Crippen molar-refractivity contribution in [2.24, 2.45) is 11.8 Å². The minimum Gasteiger partial charge on any atom is -0.478 e. The Bertz CT molecular complexity index is 663. The average molecular weight is 285 g/mol. The number of rotatable bonds is 2. The molecule has 6 nitrogen and oxygen atoms in total. The summed E-state index contributed by atoms with van der Waals surface area (Å²) in [5.74, 6) is -2.50. The number of carbonyl (C=O) groups is 3. The van der Waals surface area contributed by atoms with E-state index in [2.05, 4.69) is 0 Å². The first-order chi connectivity index (χ1) is 10.1. The maximum absolute atomic E-state index is 12.5. The molecule has 0 radical (unpaired) electrons. The summed E-state index contributed by atoms with van der Waals surface area (Å²) in [6, 6.07) is 5.73. The second kappa shape index (κ2) is 4.02. The highest BCUT2D eigenvalue weighted by atomic mass is 16.5. The maximum Gasteiger partial charge on any atom is 0.335 e. The molecule has 0 aromatic heterocycles. The molecule has 4 rings (SSSR count). The number of hydrogen-bond donors (Lipinski definition) is 1. The molecule has 0 unspecified atom stereocenters. The quantitative estimate of drug-likeness (QED) is 0.642. The third-order valence-corrected chi connectivity index (χ3v) is 4.28. The molecule has 3 aliphatic heterocycles. The predicted molar refractivity (Wildman–Crippen MR) is 70.7 cm³/mol. The van der Waals surface area contributed by atoms with Gasteiger partial charge >= 0.3 is 5.97 Å². The van der Waals surface area contributed by atoms with E-state index in [1.165, 1.54) is 24.3 Å². The van der Waals surface area contributed by atoms with Crippen LogP contribution in [0.15, 0.2) is 36.4 Å². The first-order valence-corrected chi connectivity index (χ1v) is 6.63. The molecule has 2 fully saturated rings. The highest BCUT2D eigenvalue weighted by Crippen LogP contribution is 2.46. The number of nitrogens with zero attached hydrogens (tertiary/aromatic N) is 1. The normalized spacial score (nSPS) is 32.9. The van der Waals surface area contributed by atoms with Crippen molar-refractivity contribution in [3.63, 3.8) is 0 Å². The Kier molecular flexibility index (Phi) is 2.35. The van der Waals surface area contributed by atoms with E-state index in [1.807, 2.05) is 12.2 Å². The van der Waals surface area contributed by atoms with Crippen molar-refractivity contribution in [2.45, 2.75) is 12.2 Å². The number of amides is 2. The molecule has 2 amide bonds. The van der Waals surface area contributed by atoms with Gasteiger partial charge in [-0.3, -0.25) is 9.59 Å². The van der Waals surface area contributed by atoms with E-state index in [0.29, 0.717) is 5.69 Å². The fraction of sp³-hybridized carbons (Fsp3) is 0.267. The van der Waals surface area contributed by atoms with Crippen molar-refractivity contribution in [1.82, 2.24) is 0 Å². The molecule has 1 N–H and O–H groups in total. The third kappa shape index (κ3) is 1.53. The average Bonchev–Trinajstić information content (AvgIpc) is 3.13. The Balaban J connectivity index is 1.69. The SMILES string of the molecule is O=C(O)c1ccc(N2C(=O)[C@@H]3[C@H](C2=O)[C@H]2C=C[C@H]3O2)cc1. The number of carbonyl (C=O) groups excluding carboxylic acids is 2. The highest BCUT2D eigenvalue weighted by Gasteiger charge is 2.60. The topological polar surface area (TPSA) is 83.9 Å². The van der Waals surface area contributed by atoms with E-state index in [1.54, 1.807) is 0 Å². The highest BCUT2D eigenvalue weighted by molar-refractivity contribution is 6.23. The minimum absolute atomic E-state index is 0.114. The Hall–Kier alpha value is -2.47. The zero-order valence-corrected chi connectivity index (χ0v) is 10.8. The lowest BCUT2D eigenvalue weighted by Crippen LogP contribution is -2.34. The minimum atomic E-state index is -1.05. The zero-order valence-electron chi connectivity index (χ0n) is 10.8. The van der Waals surface area contributed by atoms with Gasteiger partial charge in [0, 0.05) is 0 Å². The first-order valence-electron chi connectivity index (χ1n) is 6.63. The van der Waals surface area contributed by atoms with Crippen molar-refractivity contribution in [1.29, 1.82) is 0 Å². The van der Waals surface area contributed by atoms with Gasteiger partial charge in [0.15, 0.2) is 0 Å². The van der Waals surface area contributed by atoms with Crippen LogP contribution in [0.25, 0.3) is 0 Å². The number of aromatic carboxylic acids is 1. The number of carboxylic acid groups (broad SMARTS) is 1. The summed E-state index contributed by atoms with van der Waals surface area (Å²) in [7, 11) is 0. The number of hydrogen-bond acceptors (Lipinski definition) is 4. The van der Waals surface area contributed by atoms with Crippen LogP contribution in [-0.2, 0) is 14.3 Å². The van der Waals surface area contributed by atoms with Crippen LogP contribution >= 0.6 is 0 Å². The van der Waals surface area contributed by atoms with E-state index in [-0.39, 0.29) is 29.6 Å². The molecule has 6 heteroatoms. The second-order valence-corrected chi connectivity index (χ2v) is 5.37. The number of anilines is 1. The lowest BCUT2D eigenvalue weighted by molar-refractivity contribution is -0.124. The molecular weight excluding hydrogens is 274 g/mol. The van der Waals surface area contributed by atoms with Crippen molar-refractivity contribution < 1.29 is 24.2 Å². The summed E-state index contributed by atoms with van der Waals surface area (Å²) in [6.45, 7) is 0. The van der Waals surface area contributed by atoms with Crippen LogP contribution in [0.3, 0.4) is 0 Å². The van der Waals surface area contributed by atoms with Crippen LogP contribution in [0.1, 0.15) is 10.4 Å². The van der Waals surface area contributed by atoms with Gasteiger partial charge in [0.2, 0.25) is 11.8 Å². The van der Waals surface area contributed by atoms with Gasteiger partial charge in [-0.05, 0) is 24.3 Å². The van der Waals surface area contributed by atoms with Crippen molar-refractivity contribution >= 4 is 23.5 Å². The molecule has 0 aliphatic carbocycles. The Labute approximate surface area is 119 Å². The van der Waals surface area contributed by atoms with E-state index < -0.39 is 17.8 Å². The van der Waals surface area contributed by atoms with Crippen molar-refractivity contribution in [3.8, 4) is 0 Å². The van der Waals surface area contributed by atoms with Gasteiger partial charge in [0.25, 0.3) is 0 Å². The Morgan fingerprint density at radius 2 is 1.52 bits per heavy atom. The number of benzene rings is 1. The van der Waals surface area contributed by atoms with Gasteiger partial charge in [0.05, 0.1) is 35.3 Å². The summed E-state index contributed by atoms with van der Waals surface area (Å²) in [4.78, 5) is 37.0. The molecule has 106 valence electrons. The van der Waals surface area contributed by atoms with Crippen LogP contribution in [-0.4, -0.2) is 35.1 Å². The fourth-order valence-corrected chi connectivity index (χ4v) is 3.31. The van der Waals surface area contributed by atoms with Crippen molar-refractivity contribution in [3.05, 3.63) is 42.0 Å². The fourth-order valence-electron chi connectivity index (χ4n) is 3.31. The van der Waals surface area contributed by atoms with Gasteiger partial charge in [-0.1, -0.05) is 12.2 Å². The second-order valence-electron chi connectivity index (χ2n) is 5.37. The summed E-state index contributed by atoms with van der Waals surface area (Å²) in [6.07, 6.45) is 3.02. The summed E-state index contributed by atoms with van der Waals surface area (Å²) < 4.78 is 5.56. The number of fused-ring (bicyclic) bond motifs is 5. The summed E-state index contributed by atoms with van der Waals surface area (Å²) >= 11 is 0.